The van der Waals surface area contributed by atoms with Crippen LogP contribution in [0, 0.1) is 0 Å². The first kappa shape index (κ1) is 16.7. The monoisotopic (exact) mass is 295 g/mol. The number of carboxylic acid groups (broad SMARTS) is 1. The molecule has 0 spiro atoms. The van der Waals surface area contributed by atoms with Gasteiger partial charge in [0.05, 0.1) is 7.11 Å². The summed E-state index contributed by atoms with van der Waals surface area (Å²) in [5.41, 5.74) is 0.901. The number of rotatable bonds is 9. The molecule has 1 heterocycles. The Balaban J connectivity index is 2.12. The standard InChI is InChI=1S/C14H21N3O4/c1-21-12-9-11(6-8-15-12)10-17-14(20)16-7-4-2-3-5-13(18)19/h6,8-9H,2-5,7,10H2,1H3,(H,18,19)(H2,16,17,20). The fourth-order valence-corrected chi connectivity index (χ4v) is 1.70. The fourth-order valence-electron chi connectivity index (χ4n) is 1.70. The quantitative estimate of drug-likeness (QED) is 0.600. The molecule has 0 aliphatic carbocycles. The van der Waals surface area contributed by atoms with Crippen LogP contribution in [0.25, 0.3) is 0 Å². The highest BCUT2D eigenvalue weighted by molar-refractivity contribution is 5.73. The molecule has 0 unspecified atom stereocenters. The Bertz CT molecular complexity index is 465. The maximum absolute atomic E-state index is 11.5. The molecular weight excluding hydrogens is 274 g/mol. The fraction of sp³-hybridized carbons (Fsp3) is 0.500. The minimum Gasteiger partial charge on any atom is -0.481 e. The van der Waals surface area contributed by atoms with E-state index in [9.17, 15) is 9.59 Å². The molecule has 0 aliphatic rings. The zero-order valence-electron chi connectivity index (χ0n) is 12.1. The number of ether oxygens (including phenoxy) is 1. The van der Waals surface area contributed by atoms with E-state index in [0.29, 0.717) is 25.4 Å². The summed E-state index contributed by atoms with van der Waals surface area (Å²) in [6.45, 7) is 0.925. The summed E-state index contributed by atoms with van der Waals surface area (Å²) < 4.78 is 5.00. The minimum atomic E-state index is -0.784. The summed E-state index contributed by atoms with van der Waals surface area (Å²) in [6.07, 6.45) is 3.99. The zero-order chi connectivity index (χ0) is 15.5. The van der Waals surface area contributed by atoms with Gasteiger partial charge in [0.15, 0.2) is 0 Å². The van der Waals surface area contributed by atoms with E-state index in [1.165, 1.54) is 7.11 Å². The zero-order valence-corrected chi connectivity index (χ0v) is 12.1. The van der Waals surface area contributed by atoms with Crippen LogP contribution in [-0.2, 0) is 11.3 Å². The molecule has 2 amide bonds. The van der Waals surface area contributed by atoms with Gasteiger partial charge in [-0.3, -0.25) is 4.79 Å². The lowest BCUT2D eigenvalue weighted by Gasteiger charge is -2.08. The molecule has 0 atom stereocenters. The van der Waals surface area contributed by atoms with Crippen LogP contribution in [0.4, 0.5) is 4.79 Å². The van der Waals surface area contributed by atoms with Crippen LogP contribution >= 0.6 is 0 Å². The SMILES string of the molecule is COc1cc(CNC(=O)NCCCCCC(=O)O)ccn1. The molecule has 0 bridgehead atoms. The van der Waals surface area contributed by atoms with Crippen molar-refractivity contribution in [3.63, 3.8) is 0 Å². The summed E-state index contributed by atoms with van der Waals surface area (Å²) in [7, 11) is 1.54. The first-order valence-electron chi connectivity index (χ1n) is 6.84. The second-order valence-corrected chi connectivity index (χ2v) is 4.52. The maximum atomic E-state index is 11.5. The van der Waals surface area contributed by atoms with Crippen LogP contribution in [0.15, 0.2) is 18.3 Å². The number of amides is 2. The van der Waals surface area contributed by atoms with Crippen molar-refractivity contribution in [1.29, 1.82) is 0 Å². The van der Waals surface area contributed by atoms with Crippen molar-refractivity contribution in [2.45, 2.75) is 32.2 Å². The number of nitrogens with one attached hydrogen (secondary N) is 2. The average molecular weight is 295 g/mol. The largest absolute Gasteiger partial charge is 0.481 e. The molecule has 1 aromatic rings. The Morgan fingerprint density at radius 1 is 1.29 bits per heavy atom. The summed E-state index contributed by atoms with van der Waals surface area (Å²) in [4.78, 5) is 25.8. The number of unbranched alkanes of at least 4 members (excludes halogenated alkanes) is 2. The Morgan fingerprint density at radius 3 is 2.81 bits per heavy atom. The van der Waals surface area contributed by atoms with Gasteiger partial charge in [0.1, 0.15) is 0 Å². The number of aliphatic carboxylic acids is 1. The van der Waals surface area contributed by atoms with E-state index in [2.05, 4.69) is 15.6 Å². The van der Waals surface area contributed by atoms with Gasteiger partial charge in [-0.15, -0.1) is 0 Å². The third-order valence-electron chi connectivity index (χ3n) is 2.81. The molecule has 1 rings (SSSR count). The topological polar surface area (TPSA) is 101 Å². The van der Waals surface area contributed by atoms with Gasteiger partial charge in [-0.1, -0.05) is 6.42 Å². The van der Waals surface area contributed by atoms with E-state index in [1.807, 2.05) is 0 Å². The average Bonchev–Trinajstić information content (AvgIpc) is 2.48. The van der Waals surface area contributed by atoms with Crippen molar-refractivity contribution in [2.75, 3.05) is 13.7 Å². The normalized spacial score (nSPS) is 9.95. The Hall–Kier alpha value is -2.31. The summed E-state index contributed by atoms with van der Waals surface area (Å²) in [5.74, 6) is -0.276. The highest BCUT2D eigenvalue weighted by atomic mass is 16.5. The highest BCUT2D eigenvalue weighted by Gasteiger charge is 2.02. The molecule has 116 valence electrons. The molecule has 0 saturated carbocycles. The molecule has 7 heteroatoms. The third kappa shape index (κ3) is 7.76. The minimum absolute atomic E-state index is 0.177. The lowest BCUT2D eigenvalue weighted by atomic mass is 10.2. The van der Waals surface area contributed by atoms with Crippen LogP contribution in [0.1, 0.15) is 31.2 Å². The number of nitrogens with zero attached hydrogens (tertiary/aromatic N) is 1. The number of methoxy groups -OCH3 is 1. The van der Waals surface area contributed by atoms with Crippen LogP contribution in [0.2, 0.25) is 0 Å². The van der Waals surface area contributed by atoms with E-state index < -0.39 is 5.97 Å². The van der Waals surface area contributed by atoms with Crippen molar-refractivity contribution in [3.8, 4) is 5.88 Å². The van der Waals surface area contributed by atoms with Crippen molar-refractivity contribution in [1.82, 2.24) is 15.6 Å². The van der Waals surface area contributed by atoms with Gasteiger partial charge >= 0.3 is 12.0 Å². The molecule has 7 nitrogen and oxygen atoms in total. The summed E-state index contributed by atoms with van der Waals surface area (Å²) in [5, 5.41) is 13.9. The van der Waals surface area contributed by atoms with Gasteiger partial charge in [0.25, 0.3) is 0 Å². The number of urea groups is 1. The number of hydrogen-bond acceptors (Lipinski definition) is 4. The van der Waals surface area contributed by atoms with Crippen molar-refractivity contribution >= 4 is 12.0 Å². The molecule has 0 fully saturated rings. The third-order valence-corrected chi connectivity index (χ3v) is 2.81. The van der Waals surface area contributed by atoms with Gasteiger partial charge in [-0.2, -0.15) is 0 Å². The smallest absolute Gasteiger partial charge is 0.315 e. The van der Waals surface area contributed by atoms with Crippen molar-refractivity contribution < 1.29 is 19.4 Å². The van der Waals surface area contributed by atoms with Crippen LogP contribution < -0.4 is 15.4 Å². The lowest BCUT2D eigenvalue weighted by Crippen LogP contribution is -2.35. The molecule has 3 N–H and O–H groups in total. The van der Waals surface area contributed by atoms with Gasteiger partial charge in [-0.05, 0) is 24.5 Å². The van der Waals surface area contributed by atoms with E-state index in [0.717, 1.165) is 18.4 Å². The maximum Gasteiger partial charge on any atom is 0.315 e. The van der Waals surface area contributed by atoms with Gasteiger partial charge in [0.2, 0.25) is 5.88 Å². The number of hydrogen-bond donors (Lipinski definition) is 3. The second kappa shape index (κ2) is 9.57. The molecule has 21 heavy (non-hydrogen) atoms. The predicted molar refractivity (Wildman–Crippen MR) is 77.1 cm³/mol. The van der Waals surface area contributed by atoms with Gasteiger partial charge in [-0.25, -0.2) is 9.78 Å². The predicted octanol–water partition coefficient (Wildman–Crippen LogP) is 1.53. The number of aromatic nitrogens is 1. The van der Waals surface area contributed by atoms with E-state index in [4.69, 9.17) is 9.84 Å². The summed E-state index contributed by atoms with van der Waals surface area (Å²) >= 11 is 0. The molecule has 0 radical (unpaired) electrons. The van der Waals surface area contributed by atoms with E-state index in [1.54, 1.807) is 18.3 Å². The van der Waals surface area contributed by atoms with E-state index >= 15 is 0 Å². The van der Waals surface area contributed by atoms with Crippen molar-refractivity contribution in [2.24, 2.45) is 0 Å². The number of carboxylic acids is 1. The molecule has 0 saturated heterocycles. The van der Waals surface area contributed by atoms with E-state index in [-0.39, 0.29) is 12.5 Å². The molecular formula is C14H21N3O4. The first-order valence-corrected chi connectivity index (χ1v) is 6.84. The summed E-state index contributed by atoms with van der Waals surface area (Å²) in [6, 6.07) is 3.31. The van der Waals surface area contributed by atoms with Crippen LogP contribution in [0.5, 0.6) is 5.88 Å². The first-order chi connectivity index (χ1) is 10.1. The van der Waals surface area contributed by atoms with Crippen LogP contribution in [0.3, 0.4) is 0 Å². The molecule has 0 aliphatic heterocycles. The van der Waals surface area contributed by atoms with Gasteiger partial charge in [0, 0.05) is 31.8 Å². The Kier molecular flexibility index (Phi) is 7.63. The Morgan fingerprint density at radius 2 is 2.10 bits per heavy atom. The highest BCUT2D eigenvalue weighted by Crippen LogP contribution is 2.07. The molecule has 0 aromatic carbocycles. The number of carbonyl (C=O) groups excluding carboxylic acids is 1. The molecule has 1 aromatic heterocycles. The van der Waals surface area contributed by atoms with Crippen molar-refractivity contribution in [3.05, 3.63) is 23.9 Å². The number of pyridine rings is 1. The number of carbonyl (C=O) groups is 2. The lowest BCUT2D eigenvalue weighted by molar-refractivity contribution is -0.137. The second-order valence-electron chi connectivity index (χ2n) is 4.52. The van der Waals surface area contributed by atoms with Crippen LogP contribution in [-0.4, -0.2) is 35.7 Å². The Labute approximate surface area is 123 Å². The van der Waals surface area contributed by atoms with Gasteiger partial charge < -0.3 is 20.5 Å².